The zero-order valence-corrected chi connectivity index (χ0v) is 8.25. The Kier molecular flexibility index (Phi) is 2.36. The van der Waals surface area contributed by atoms with Crippen molar-refractivity contribution in [2.45, 2.75) is 0 Å². The van der Waals surface area contributed by atoms with E-state index in [0.717, 1.165) is 4.90 Å². The van der Waals surface area contributed by atoms with Crippen molar-refractivity contribution in [3.63, 3.8) is 0 Å². The van der Waals surface area contributed by atoms with Crippen LogP contribution in [0.4, 0.5) is 10.5 Å². The Balaban J connectivity index is 2.53. The standard InChI is InChI=1S/C11H9NO4/c13-10(14)8-5-7-3-1-2-4-9(7)12(6-8)11(15)16/h1-5H,6H2,(H,13,14)(H,15,16). The third-order valence-electron chi connectivity index (χ3n) is 2.39. The van der Waals surface area contributed by atoms with Crippen molar-refractivity contribution in [2.75, 3.05) is 11.4 Å². The van der Waals surface area contributed by atoms with Gasteiger partial charge in [0, 0.05) is 0 Å². The molecule has 1 aliphatic rings. The third-order valence-corrected chi connectivity index (χ3v) is 2.39. The fraction of sp³-hybridized carbons (Fsp3) is 0.0909. The van der Waals surface area contributed by atoms with Crippen LogP contribution in [0, 0.1) is 0 Å². The van der Waals surface area contributed by atoms with E-state index in [1.165, 1.54) is 6.08 Å². The van der Waals surface area contributed by atoms with Gasteiger partial charge in [-0.15, -0.1) is 0 Å². The monoisotopic (exact) mass is 219 g/mol. The molecule has 1 aliphatic heterocycles. The summed E-state index contributed by atoms with van der Waals surface area (Å²) in [6.07, 6.45) is 0.344. The van der Waals surface area contributed by atoms with Crippen molar-refractivity contribution in [1.29, 1.82) is 0 Å². The van der Waals surface area contributed by atoms with E-state index < -0.39 is 12.1 Å². The molecule has 0 atom stereocenters. The maximum Gasteiger partial charge on any atom is 0.412 e. The van der Waals surface area contributed by atoms with Crippen molar-refractivity contribution in [2.24, 2.45) is 0 Å². The molecule has 0 bridgehead atoms. The van der Waals surface area contributed by atoms with Crippen LogP contribution in [-0.4, -0.2) is 28.8 Å². The molecule has 2 rings (SSSR count). The predicted molar refractivity (Wildman–Crippen MR) is 57.4 cm³/mol. The molecule has 1 aromatic carbocycles. The average molecular weight is 219 g/mol. The number of rotatable bonds is 1. The smallest absolute Gasteiger partial charge is 0.412 e. The molecule has 0 unspecified atom stereocenters. The lowest BCUT2D eigenvalue weighted by Gasteiger charge is -2.25. The van der Waals surface area contributed by atoms with E-state index >= 15 is 0 Å². The molecule has 1 aromatic rings. The van der Waals surface area contributed by atoms with Crippen LogP contribution < -0.4 is 4.90 Å². The number of benzene rings is 1. The Morgan fingerprint density at radius 1 is 1.19 bits per heavy atom. The molecule has 0 fully saturated rings. The molecule has 82 valence electrons. The molecule has 16 heavy (non-hydrogen) atoms. The molecule has 0 saturated heterocycles. The molecule has 2 N–H and O–H groups in total. The second kappa shape index (κ2) is 3.69. The first kappa shape index (κ1) is 10.2. The topological polar surface area (TPSA) is 77.8 Å². The Hall–Kier alpha value is -2.30. The number of fused-ring (bicyclic) bond motifs is 1. The minimum Gasteiger partial charge on any atom is -0.478 e. The second-order valence-electron chi connectivity index (χ2n) is 3.40. The van der Waals surface area contributed by atoms with Crippen LogP contribution in [0.5, 0.6) is 0 Å². The second-order valence-corrected chi connectivity index (χ2v) is 3.40. The molecule has 0 aliphatic carbocycles. The van der Waals surface area contributed by atoms with Gasteiger partial charge in [0.05, 0.1) is 17.8 Å². The number of para-hydroxylation sites is 1. The normalized spacial score (nSPS) is 14.0. The Morgan fingerprint density at radius 2 is 1.88 bits per heavy atom. The predicted octanol–water partition coefficient (Wildman–Crippen LogP) is 1.65. The Bertz CT molecular complexity index is 493. The molecular formula is C11H9NO4. The highest BCUT2D eigenvalue weighted by atomic mass is 16.4. The van der Waals surface area contributed by atoms with E-state index in [4.69, 9.17) is 10.2 Å². The summed E-state index contributed by atoms with van der Waals surface area (Å²) in [5.41, 5.74) is 1.19. The average Bonchev–Trinajstić information content (AvgIpc) is 2.27. The van der Waals surface area contributed by atoms with Crippen LogP contribution in [-0.2, 0) is 4.79 Å². The molecule has 1 amide bonds. The third kappa shape index (κ3) is 1.63. The zero-order valence-electron chi connectivity index (χ0n) is 8.25. The van der Waals surface area contributed by atoms with Gasteiger partial charge in [-0.25, -0.2) is 9.59 Å². The summed E-state index contributed by atoms with van der Waals surface area (Å²) in [5, 5.41) is 17.9. The van der Waals surface area contributed by atoms with E-state index in [2.05, 4.69) is 0 Å². The first-order chi connectivity index (χ1) is 7.59. The number of hydrogen-bond acceptors (Lipinski definition) is 2. The maximum absolute atomic E-state index is 11.0. The minimum atomic E-state index is -1.15. The highest BCUT2D eigenvalue weighted by molar-refractivity contribution is 6.01. The van der Waals surface area contributed by atoms with E-state index in [1.807, 2.05) is 0 Å². The number of carbonyl (C=O) groups is 2. The number of aliphatic carboxylic acids is 1. The molecule has 0 radical (unpaired) electrons. The highest BCUT2D eigenvalue weighted by Crippen LogP contribution is 2.28. The Morgan fingerprint density at radius 3 is 2.50 bits per heavy atom. The molecule has 5 nitrogen and oxygen atoms in total. The van der Waals surface area contributed by atoms with Gasteiger partial charge < -0.3 is 10.2 Å². The lowest BCUT2D eigenvalue weighted by atomic mass is 10.0. The van der Waals surface area contributed by atoms with Gasteiger partial charge in [0.15, 0.2) is 0 Å². The number of nitrogens with zero attached hydrogens (tertiary/aromatic N) is 1. The summed E-state index contributed by atoms with van der Waals surface area (Å²) >= 11 is 0. The van der Waals surface area contributed by atoms with E-state index in [0.29, 0.717) is 11.3 Å². The van der Waals surface area contributed by atoms with Crippen LogP contribution in [0.1, 0.15) is 5.56 Å². The van der Waals surface area contributed by atoms with E-state index in [9.17, 15) is 9.59 Å². The van der Waals surface area contributed by atoms with Crippen LogP contribution in [0.25, 0.3) is 6.08 Å². The van der Waals surface area contributed by atoms with Crippen molar-refractivity contribution in [3.05, 3.63) is 35.4 Å². The maximum atomic E-state index is 11.0. The quantitative estimate of drug-likeness (QED) is 0.752. The summed E-state index contributed by atoms with van der Waals surface area (Å²) in [6, 6.07) is 6.79. The summed E-state index contributed by atoms with van der Waals surface area (Å²) < 4.78 is 0. The lowest BCUT2D eigenvalue weighted by molar-refractivity contribution is -0.132. The SMILES string of the molecule is O=C(O)C1=Cc2ccccc2N(C(=O)O)C1. The van der Waals surface area contributed by atoms with Crippen molar-refractivity contribution in [1.82, 2.24) is 0 Å². The molecule has 1 heterocycles. The van der Waals surface area contributed by atoms with E-state index in [1.54, 1.807) is 24.3 Å². The van der Waals surface area contributed by atoms with E-state index in [-0.39, 0.29) is 12.1 Å². The van der Waals surface area contributed by atoms with Gasteiger partial charge in [-0.3, -0.25) is 4.90 Å². The van der Waals surface area contributed by atoms with Gasteiger partial charge >= 0.3 is 12.1 Å². The number of amides is 1. The van der Waals surface area contributed by atoms with Gasteiger partial charge in [-0.05, 0) is 17.7 Å². The molecule has 0 saturated carbocycles. The molecule has 0 aromatic heterocycles. The number of carboxylic acids is 1. The van der Waals surface area contributed by atoms with Crippen LogP contribution in [0.2, 0.25) is 0 Å². The van der Waals surface area contributed by atoms with Gasteiger partial charge in [0.1, 0.15) is 0 Å². The first-order valence-electron chi connectivity index (χ1n) is 4.63. The van der Waals surface area contributed by atoms with Gasteiger partial charge in [-0.2, -0.15) is 0 Å². The van der Waals surface area contributed by atoms with Gasteiger partial charge in [-0.1, -0.05) is 18.2 Å². The molecule has 0 spiro atoms. The summed E-state index contributed by atoms with van der Waals surface area (Å²) in [4.78, 5) is 22.9. The van der Waals surface area contributed by atoms with Crippen LogP contribution in [0.15, 0.2) is 29.8 Å². The number of carboxylic acid groups (broad SMARTS) is 2. The summed E-state index contributed by atoms with van der Waals surface area (Å²) in [5.74, 6) is -1.10. The van der Waals surface area contributed by atoms with Crippen molar-refractivity contribution < 1.29 is 19.8 Å². The first-order valence-corrected chi connectivity index (χ1v) is 4.63. The number of hydrogen-bond donors (Lipinski definition) is 2. The minimum absolute atomic E-state index is 0.0705. The summed E-state index contributed by atoms with van der Waals surface area (Å²) in [7, 11) is 0. The van der Waals surface area contributed by atoms with Crippen LogP contribution >= 0.6 is 0 Å². The fourth-order valence-electron chi connectivity index (χ4n) is 1.64. The summed E-state index contributed by atoms with van der Waals surface area (Å²) in [6.45, 7) is -0.123. The highest BCUT2D eigenvalue weighted by Gasteiger charge is 2.25. The number of anilines is 1. The lowest BCUT2D eigenvalue weighted by Crippen LogP contribution is -2.35. The Labute approximate surface area is 91.2 Å². The molecular weight excluding hydrogens is 210 g/mol. The van der Waals surface area contributed by atoms with Gasteiger partial charge in [0.25, 0.3) is 0 Å². The largest absolute Gasteiger partial charge is 0.478 e. The zero-order chi connectivity index (χ0) is 11.7. The van der Waals surface area contributed by atoms with Crippen LogP contribution in [0.3, 0.4) is 0 Å². The fourth-order valence-corrected chi connectivity index (χ4v) is 1.64. The van der Waals surface area contributed by atoms with Gasteiger partial charge in [0.2, 0.25) is 0 Å². The molecule has 5 heteroatoms. The van der Waals surface area contributed by atoms with Crippen molar-refractivity contribution in [3.8, 4) is 0 Å². The van der Waals surface area contributed by atoms with Crippen molar-refractivity contribution >= 4 is 23.8 Å².